The number of alkyl halides is 3. The summed E-state index contributed by atoms with van der Waals surface area (Å²) in [4.78, 5) is 34.9. The van der Waals surface area contributed by atoms with Gasteiger partial charge in [0.15, 0.2) is 9.84 Å². The molecular formula is C55H66ClF4N6O11PS4. The van der Waals surface area contributed by atoms with Crippen LogP contribution in [-0.2, 0) is 43.8 Å². The number of halogens is 5. The third-order valence-electron chi connectivity index (χ3n) is 14.6. The summed E-state index contributed by atoms with van der Waals surface area (Å²) < 4.78 is 161. The minimum Gasteiger partial charge on any atom is -0.465 e. The molecule has 3 aliphatic heterocycles. The number of ether oxygens (including phenoxy) is 1. The lowest BCUT2D eigenvalue weighted by atomic mass is 9.96. The molecule has 0 bridgehead atoms. The summed E-state index contributed by atoms with van der Waals surface area (Å²) in [7, 11) is -19.7. The number of allylic oxidation sites excluding steroid dienone is 2. The molecule has 0 saturated carbocycles. The van der Waals surface area contributed by atoms with E-state index in [1.165, 1.54) is 24.3 Å². The van der Waals surface area contributed by atoms with Crippen LogP contribution in [0.3, 0.4) is 0 Å². The van der Waals surface area contributed by atoms with E-state index in [1.807, 2.05) is 51.2 Å². The van der Waals surface area contributed by atoms with E-state index >= 15 is 4.39 Å². The van der Waals surface area contributed by atoms with Crippen molar-refractivity contribution in [3.63, 3.8) is 0 Å². The van der Waals surface area contributed by atoms with Gasteiger partial charge in [0.1, 0.15) is 10.7 Å². The molecule has 2 saturated heterocycles. The summed E-state index contributed by atoms with van der Waals surface area (Å²) in [5.74, 6) is -1.02. The molecule has 0 spiro atoms. The number of benzene rings is 4. The van der Waals surface area contributed by atoms with Gasteiger partial charge in [-0.05, 0) is 154 Å². The van der Waals surface area contributed by atoms with Crippen LogP contribution in [-0.4, -0.2) is 133 Å². The van der Waals surface area contributed by atoms with E-state index in [0.29, 0.717) is 121 Å². The van der Waals surface area contributed by atoms with E-state index in [4.69, 9.17) is 26.1 Å². The predicted molar refractivity (Wildman–Crippen MR) is 316 cm³/mol. The van der Waals surface area contributed by atoms with Crippen LogP contribution in [0.2, 0.25) is 5.02 Å². The first-order valence-corrected chi connectivity index (χ1v) is 35.1. The molecule has 8 rings (SSSR count). The second-order valence-electron chi connectivity index (χ2n) is 20.8. The average Bonchev–Trinajstić information content (AvgIpc) is 2.72. The third kappa shape index (κ3) is 15.1. The van der Waals surface area contributed by atoms with Gasteiger partial charge in [0.2, 0.25) is 0 Å². The predicted octanol–water partition coefficient (Wildman–Crippen LogP) is 10.4. The second kappa shape index (κ2) is 25.5. The number of nitrogens with zero attached hydrogens (tertiary/aromatic N) is 4. The Morgan fingerprint density at radius 2 is 1.46 bits per heavy atom. The highest BCUT2D eigenvalue weighted by Gasteiger charge is 2.48. The normalized spacial score (nSPS) is 16.8. The molecule has 5 aromatic rings. The van der Waals surface area contributed by atoms with Crippen molar-refractivity contribution in [1.82, 2.24) is 9.47 Å². The van der Waals surface area contributed by atoms with E-state index in [0.717, 1.165) is 18.4 Å². The molecule has 1 unspecified atom stereocenters. The number of thiol groups is 1. The van der Waals surface area contributed by atoms with Crippen LogP contribution in [0, 0.1) is 18.7 Å². The SMILES string of the molecule is Cc1c(S(C)(=O)=O)c(-c2cc(F)cc(N3CCN(c4ccc(NS(=O)(=O)c5ccc(NC(CCN6CCC(C(=O)OCCCP(=O)(O)O)CC6)C[SH]6C=CC=C6)c(S(=O)(=O)C(F)(F)F)c5)cc4)CC3)c2)c(-c2ccc(Cl)cc2)n1C(C)C. The standard InChI is InChI=1S/C55H66ClF4N6O11PS4/c1-37(2)66-38(3)53(80(4,71)72)51(52(66)39-8-10-42(56)11-9-39)41-32-43(57)34-47(33-41)65-26-24-64(25-27-65)46-14-12-44(13-15-46)62-82(75,76)48-16-17-49(50(35-48)81(73,74)55(58,59)60)61-45(36-79-30-5-6-31-79)20-23-63-21-18-40(19-22-63)54(67)77-28-7-29-78(68,69)70/h5-6,8-17,30-35,37,40,45,61-62,79H,7,18-29,36H2,1-4H3,(H2,68,69,70). The van der Waals surface area contributed by atoms with E-state index in [2.05, 4.69) is 14.9 Å². The van der Waals surface area contributed by atoms with Gasteiger partial charge in [-0.15, -0.1) is 0 Å². The second-order valence-corrected chi connectivity index (χ2v) is 30.6. The maximum Gasteiger partial charge on any atom is 0.501 e. The van der Waals surface area contributed by atoms with Crippen molar-refractivity contribution in [1.29, 1.82) is 0 Å². The van der Waals surface area contributed by atoms with Gasteiger partial charge < -0.3 is 39.1 Å². The Morgan fingerprint density at radius 3 is 2.05 bits per heavy atom. The summed E-state index contributed by atoms with van der Waals surface area (Å²) in [6, 6.07) is 19.6. The van der Waals surface area contributed by atoms with Crippen molar-refractivity contribution in [2.45, 2.75) is 78.7 Å². The van der Waals surface area contributed by atoms with E-state index in [-0.39, 0.29) is 29.7 Å². The van der Waals surface area contributed by atoms with Crippen LogP contribution in [0.25, 0.3) is 22.4 Å². The van der Waals surface area contributed by atoms with Gasteiger partial charge in [0.25, 0.3) is 19.9 Å². The fourth-order valence-electron chi connectivity index (χ4n) is 10.6. The van der Waals surface area contributed by atoms with Gasteiger partial charge in [0.05, 0.1) is 39.9 Å². The van der Waals surface area contributed by atoms with Crippen LogP contribution in [0.1, 0.15) is 51.3 Å². The number of aromatic nitrogens is 1. The first-order valence-electron chi connectivity index (χ1n) is 26.4. The number of likely N-dealkylation sites (tertiary alicyclic amines) is 1. The summed E-state index contributed by atoms with van der Waals surface area (Å²) in [5, 5.41) is 7.43. The molecule has 27 heteroatoms. The first-order chi connectivity index (χ1) is 38.5. The Bertz CT molecular complexity index is 3590. The van der Waals surface area contributed by atoms with Gasteiger partial charge in [-0.1, -0.05) is 35.9 Å². The van der Waals surface area contributed by atoms with Crippen molar-refractivity contribution < 1.29 is 66.7 Å². The van der Waals surface area contributed by atoms with Crippen LogP contribution < -0.4 is 19.8 Å². The number of sulfonamides is 1. The summed E-state index contributed by atoms with van der Waals surface area (Å²) in [5.41, 5.74) is -2.33. The fourth-order valence-corrected chi connectivity index (χ4v) is 16.4. The highest BCUT2D eigenvalue weighted by molar-refractivity contribution is 8.22. The highest BCUT2D eigenvalue weighted by Crippen LogP contribution is 2.45. The van der Waals surface area contributed by atoms with Crippen molar-refractivity contribution >= 4 is 88.5 Å². The molecular weight excluding hydrogens is 1190 g/mol. The molecule has 0 radical (unpaired) electrons. The molecule has 1 atom stereocenters. The highest BCUT2D eigenvalue weighted by atomic mass is 35.5. The Balaban J connectivity index is 0.944. The fraction of sp³-hybridized carbons (Fsp3) is 0.400. The number of esters is 1. The molecule has 17 nitrogen and oxygen atoms in total. The quantitative estimate of drug-likeness (QED) is 0.0143. The maximum atomic E-state index is 15.8. The Morgan fingerprint density at radius 1 is 0.841 bits per heavy atom. The zero-order valence-corrected chi connectivity index (χ0v) is 50.4. The molecule has 82 heavy (non-hydrogen) atoms. The summed E-state index contributed by atoms with van der Waals surface area (Å²) >= 11 is 6.25. The number of piperidine rings is 1. The number of anilines is 4. The molecule has 0 amide bonds. The minimum atomic E-state index is -6.11. The lowest BCUT2D eigenvalue weighted by molar-refractivity contribution is -0.150. The van der Waals surface area contributed by atoms with Gasteiger partial charge in [-0.3, -0.25) is 14.1 Å². The van der Waals surface area contributed by atoms with Crippen LogP contribution in [0.15, 0.2) is 123 Å². The molecule has 4 aromatic carbocycles. The van der Waals surface area contributed by atoms with Crippen LogP contribution in [0.4, 0.5) is 40.3 Å². The zero-order valence-electron chi connectivity index (χ0n) is 45.4. The largest absolute Gasteiger partial charge is 0.501 e. The average molecular weight is 1260 g/mol. The Hall–Kier alpha value is -5.37. The Labute approximate surface area is 483 Å². The van der Waals surface area contributed by atoms with Gasteiger partial charge >= 0.3 is 19.1 Å². The van der Waals surface area contributed by atoms with Crippen LogP contribution >= 0.6 is 30.1 Å². The molecule has 1 aromatic heterocycles. The lowest BCUT2D eigenvalue weighted by Gasteiger charge is -2.37. The number of rotatable bonds is 22. The van der Waals surface area contributed by atoms with E-state index in [9.17, 15) is 47.8 Å². The molecule has 4 heterocycles. The molecule has 446 valence electrons. The van der Waals surface area contributed by atoms with E-state index < -0.39 is 99.1 Å². The minimum absolute atomic E-state index is 0.0198. The number of sulfone groups is 2. The van der Waals surface area contributed by atoms with Crippen molar-refractivity contribution in [3.05, 3.63) is 124 Å². The summed E-state index contributed by atoms with van der Waals surface area (Å²) in [6.45, 7) is 8.65. The lowest BCUT2D eigenvalue weighted by Crippen LogP contribution is -2.46. The number of piperazine rings is 1. The van der Waals surface area contributed by atoms with Crippen molar-refractivity contribution in [2.75, 3.05) is 90.4 Å². The molecule has 2 fully saturated rings. The smallest absolute Gasteiger partial charge is 0.465 e. The monoisotopic (exact) mass is 1260 g/mol. The Kier molecular flexibility index (Phi) is 19.5. The third-order valence-corrected chi connectivity index (χ3v) is 21.8. The van der Waals surface area contributed by atoms with Gasteiger partial charge in [0, 0.05) is 90.2 Å². The number of nitrogens with one attached hydrogen (secondary N) is 2. The zero-order chi connectivity index (χ0) is 59.5. The van der Waals surface area contributed by atoms with Gasteiger partial charge in [-0.25, -0.2) is 40.5 Å². The maximum absolute atomic E-state index is 15.8. The topological polar surface area (TPSA) is 225 Å². The molecule has 4 N–H and O–H groups in total. The molecule has 0 aliphatic carbocycles. The summed E-state index contributed by atoms with van der Waals surface area (Å²) in [6.07, 6.45) is 5.69. The number of carbonyl (C=O) groups excluding carboxylic acids is 1. The number of carbonyl (C=O) groups is 1. The van der Waals surface area contributed by atoms with Crippen molar-refractivity contribution in [2.24, 2.45) is 5.92 Å². The molecule has 3 aliphatic rings. The number of hydrogen-bond donors (Lipinski definition) is 5. The van der Waals surface area contributed by atoms with Gasteiger partial charge in [-0.2, -0.15) is 13.2 Å². The van der Waals surface area contributed by atoms with E-state index in [1.54, 1.807) is 49.4 Å². The van der Waals surface area contributed by atoms with Crippen LogP contribution in [0.5, 0.6) is 0 Å². The first kappa shape index (κ1) is 62.7. The van der Waals surface area contributed by atoms with Crippen molar-refractivity contribution in [3.8, 4) is 22.4 Å². The number of hydrogen-bond acceptors (Lipinski definition) is 13.